The molecule has 5 aromatic heterocycles. The number of nitrogens with two attached hydrogens (primary N) is 1. The number of aromatic nitrogens is 10. The number of carbonyl (C=O) groups is 7. The Hall–Kier alpha value is -9.35. The number of halogens is 14. The molecule has 11 aromatic rings. The first kappa shape index (κ1) is 115. The second-order valence-electron chi connectivity index (χ2n) is 30.6. The van der Waals surface area contributed by atoms with Crippen molar-refractivity contribution in [2.45, 2.75) is 155 Å². The van der Waals surface area contributed by atoms with Gasteiger partial charge in [-0.05, 0) is 127 Å². The van der Waals surface area contributed by atoms with Crippen molar-refractivity contribution in [3.63, 3.8) is 0 Å². The number of nitrogens with one attached hydrogen (secondary N) is 3. The Morgan fingerprint density at radius 2 is 0.949 bits per heavy atom. The fraction of sp³-hybridized carbons (Fsp3) is 0.349. The topological polar surface area (TPSA) is 370 Å². The number of ketones is 2. The molecule has 8 atom stereocenters. The van der Waals surface area contributed by atoms with E-state index in [1.807, 2.05) is 11.5 Å². The first-order chi connectivity index (χ1) is 63.5. The summed E-state index contributed by atoms with van der Waals surface area (Å²) < 4.78 is 153. The number of nitrogens with zero attached hydrogens (tertiary/aromatic N) is 13. The van der Waals surface area contributed by atoms with E-state index in [0.717, 1.165) is 24.9 Å². The van der Waals surface area contributed by atoms with Gasteiger partial charge in [0, 0.05) is 156 Å². The van der Waals surface area contributed by atoms with Crippen LogP contribution < -0.4 is 21.9 Å². The van der Waals surface area contributed by atoms with Gasteiger partial charge in [-0.3, -0.25) is 43.9 Å². The standard InChI is InChI=1S/C28H22ClF2N7O3.C18H21ClF2N2O4.C17H18ClF2N3O3.C12H10ClF2N3O.C7H6ClFN2O.CH4.S4.S3.S2.H2S/c1-14(39)26-20-8-16(17-10-32-15(2)33-11-17)6-7-22(20)38(36-26)13-24(40)37-12-18(30)9-23(37)28-35-34-27(41-28)19-4-3-5-21(29)25(19)31;1-18(2,3)27-17(26)23-9-10(20)7-13(23)14(24)8-22-16(25)11-5-4-6-12(19)15(11)21;1-17(2,3)26-16(24)23-8-9(19)7-12(23)15-22-21-14(25-15)10-5-4-6-11(18)13(10)20;13-8-3-1-2-7(10(8)15)11-17-18-12(19-11)9-4-6(14)5-16-9;8-5-3-1-2-4(6(5)9)7(12)11-10;;1-3-4-2;1-3-2;1-2;/h3-8,10-11,18,23H,9,12-13H2,1-2H3;4-6,10,13H,7-9H2,1-3H3,(H,22,25);4-6,9,12H,7-8H2,1-3H3;1-3,6,9,16H,4-5H2;1-3H,10H2,(H,11,12);1H4;;;;1H2/t18-,23+;10-,13+;9-,12+;6-,9+;;;;;;/m1111....../s1. The minimum atomic E-state index is -1.37. The van der Waals surface area contributed by atoms with Crippen LogP contribution in [0.5, 0.6) is 0 Å². The first-order valence-corrected chi connectivity index (χ1v) is 49.0. The lowest BCUT2D eigenvalue weighted by molar-refractivity contribution is -0.133. The Morgan fingerprint density at radius 3 is 1.38 bits per heavy atom. The summed E-state index contributed by atoms with van der Waals surface area (Å²) in [5, 5.41) is 32.8. The van der Waals surface area contributed by atoms with Crippen molar-refractivity contribution in [2.75, 3.05) is 32.7 Å². The number of amides is 5. The lowest BCUT2D eigenvalue weighted by Crippen LogP contribution is -2.46. The maximum Gasteiger partial charge on any atom is 0.411 e. The van der Waals surface area contributed by atoms with E-state index in [1.165, 1.54) is 118 Å². The Balaban J connectivity index is 0.000000265. The monoisotopic (exact) mass is 2180 g/mol. The molecule has 53 heteroatoms. The molecule has 0 bridgehead atoms. The summed E-state index contributed by atoms with van der Waals surface area (Å²) in [6, 6.07) is 23.7. The van der Waals surface area contributed by atoms with Gasteiger partial charge in [-0.25, -0.2) is 64.9 Å². The maximum absolute atomic E-state index is 14.6. The highest BCUT2D eigenvalue weighted by Crippen LogP contribution is 2.40. The number of alkyl halides is 4. The number of benzene rings is 6. The highest BCUT2D eigenvalue weighted by atomic mass is 35.5. The van der Waals surface area contributed by atoms with Crippen molar-refractivity contribution in [1.29, 1.82) is 0 Å². The van der Waals surface area contributed by atoms with Gasteiger partial charge in [-0.2, -0.15) is 18.6 Å². The van der Waals surface area contributed by atoms with Crippen molar-refractivity contribution in [3.8, 4) is 45.5 Å². The van der Waals surface area contributed by atoms with Crippen molar-refractivity contribution < 1.29 is 95.8 Å². The van der Waals surface area contributed by atoms with Crippen LogP contribution in [0, 0.1) is 36.0 Å². The number of likely N-dealkylation sites (tertiary alicyclic amines) is 3. The average Bonchev–Trinajstić information content (AvgIpc) is 1.61. The molecule has 5 amide bonds. The quantitative estimate of drug-likeness (QED) is 0.0243. The van der Waals surface area contributed by atoms with Gasteiger partial charge in [0.1, 0.15) is 66.0 Å². The molecule has 9 heterocycles. The van der Waals surface area contributed by atoms with Gasteiger partial charge in [0.25, 0.3) is 29.5 Å². The van der Waals surface area contributed by atoms with Crippen LogP contribution in [-0.2, 0) is 119 Å². The predicted octanol–water partition coefficient (Wildman–Crippen LogP) is 17.5. The Kier molecular flexibility index (Phi) is 45.6. The van der Waals surface area contributed by atoms with Crippen LogP contribution in [0.2, 0.25) is 25.1 Å². The van der Waals surface area contributed by atoms with Crippen LogP contribution in [0.15, 0.2) is 135 Å². The number of Topliss-reactive ketones (excluding diaryl/α,β-unsaturated/α-hetero) is 2. The molecule has 5 N–H and O–H groups in total. The largest absolute Gasteiger partial charge is 0.444 e. The van der Waals surface area contributed by atoms with Gasteiger partial charge in [0.15, 0.2) is 40.7 Å². The molecule has 0 saturated carbocycles. The number of rotatable bonds is 15. The summed E-state index contributed by atoms with van der Waals surface area (Å²) in [6.45, 7) is 12.2. The zero-order chi connectivity index (χ0) is 98.9. The van der Waals surface area contributed by atoms with Crippen molar-refractivity contribution >= 4 is 218 Å². The zero-order valence-corrected chi connectivity index (χ0v) is 83.6. The lowest BCUT2D eigenvalue weighted by Gasteiger charge is -2.27. The van der Waals surface area contributed by atoms with Gasteiger partial charge >= 0.3 is 12.2 Å². The minimum Gasteiger partial charge on any atom is -0.444 e. The predicted molar refractivity (Wildman–Crippen MR) is 520 cm³/mol. The molecular weight excluding hydrogens is 2100 g/mol. The molecule has 15 rings (SSSR count). The van der Waals surface area contributed by atoms with Crippen LogP contribution in [0.4, 0.5) is 49.1 Å². The molecule has 0 radical (unpaired) electrons. The summed E-state index contributed by atoms with van der Waals surface area (Å²) in [5.74, 6) is -0.995. The van der Waals surface area contributed by atoms with E-state index in [4.69, 9.17) is 86.6 Å². The minimum absolute atomic E-state index is 0. The average molecular weight is 2180 g/mol. The first-order valence-electron chi connectivity index (χ1n) is 39.1. The molecule has 0 spiro atoms. The molecule has 0 unspecified atom stereocenters. The van der Waals surface area contributed by atoms with Gasteiger partial charge in [-0.1, -0.05) is 102 Å². The molecule has 0 aliphatic carbocycles. The van der Waals surface area contributed by atoms with Crippen LogP contribution in [0.3, 0.4) is 0 Å². The van der Waals surface area contributed by atoms with E-state index < -0.39 is 125 Å². The fourth-order valence-electron chi connectivity index (χ4n) is 13.1. The van der Waals surface area contributed by atoms with Gasteiger partial charge in [0.05, 0.1) is 96.7 Å². The number of hydrogen-bond acceptors (Lipinski definition) is 29. The molecule has 4 saturated heterocycles. The number of fused-ring (bicyclic) bond motifs is 1. The van der Waals surface area contributed by atoms with E-state index in [2.05, 4.69) is 123 Å². The third-order valence-corrected chi connectivity index (χ3v) is 22.7. The molecule has 136 heavy (non-hydrogen) atoms. The smallest absolute Gasteiger partial charge is 0.411 e. The summed E-state index contributed by atoms with van der Waals surface area (Å²) in [5.41, 5.74) is 2.31. The van der Waals surface area contributed by atoms with Crippen LogP contribution in [-0.4, -0.2) is 181 Å². The maximum atomic E-state index is 14.6. The van der Waals surface area contributed by atoms with Crippen LogP contribution >= 0.6 is 71.5 Å². The molecule has 29 nitrogen and oxygen atoms in total. The fourth-order valence-corrected chi connectivity index (χ4v) is 14.0. The summed E-state index contributed by atoms with van der Waals surface area (Å²) in [4.78, 5) is 97.8. The lowest BCUT2D eigenvalue weighted by atomic mass is 10.0. The summed E-state index contributed by atoms with van der Waals surface area (Å²) in [6.07, 6.45) is -2.93. The molecular formula is C83H83Cl5F9N17O12S10. The zero-order valence-electron chi connectivity index (χ0n) is 71.5. The van der Waals surface area contributed by atoms with Crippen molar-refractivity contribution in [1.82, 2.24) is 81.1 Å². The SMILES string of the molecule is C.CC(=O)c1nn(CC(=O)N2C[C@H](F)C[C@H]2c2nnc(-c3cccc(Cl)c3F)o2)c2ccc(-c3cnc(C)nc3)cc12.CC(C)(C)OC(=O)N1C[C@H](F)C[C@H]1C(=O)CNC(=O)c1cccc(Cl)c1F.CC(C)(C)OC(=O)N1C[C@H](F)C[C@H]1c1nnc(-c2cccc(Cl)c2F)o1.Fc1c(Cl)cccc1-c1nnc([C@@H]2C[C@@H](F)CN2)o1.NNC(=O)c1cccc(Cl)c1F.S.S=S.S=S=S.S=S=S=S. The van der Waals surface area contributed by atoms with E-state index in [0.29, 0.717) is 16.7 Å². The molecule has 6 aromatic carbocycles. The van der Waals surface area contributed by atoms with Gasteiger partial charge in [0.2, 0.25) is 23.6 Å². The van der Waals surface area contributed by atoms with Crippen molar-refractivity contribution in [3.05, 3.63) is 216 Å². The van der Waals surface area contributed by atoms with E-state index in [9.17, 15) is 73.1 Å². The van der Waals surface area contributed by atoms with E-state index in [-0.39, 0.29) is 185 Å². The highest BCUT2D eigenvalue weighted by molar-refractivity contribution is 8.51. The van der Waals surface area contributed by atoms with Crippen LogP contribution in [0.25, 0.3) is 56.4 Å². The van der Waals surface area contributed by atoms with E-state index >= 15 is 0 Å². The molecule has 4 aliphatic rings. The van der Waals surface area contributed by atoms with Gasteiger partial charge < -0.3 is 38.3 Å². The number of carbonyl (C=O) groups excluding carboxylic acids is 7. The normalized spacial score (nSPS) is 17.2. The molecule has 730 valence electrons. The Bertz CT molecular complexity index is 6180. The Morgan fingerprint density at radius 1 is 0.544 bits per heavy atom. The van der Waals surface area contributed by atoms with Crippen molar-refractivity contribution in [2.24, 2.45) is 5.84 Å². The molecule has 4 aliphatic heterocycles. The Labute approximate surface area is 842 Å². The summed E-state index contributed by atoms with van der Waals surface area (Å²) >= 11 is 52.6. The second kappa shape index (κ2) is 53.7. The molecule has 4 fully saturated rings. The number of ether oxygens (including phenoxy) is 2. The number of nitrogen functional groups attached to an aromatic ring is 1. The van der Waals surface area contributed by atoms with E-state index in [1.54, 1.807) is 85.1 Å². The van der Waals surface area contributed by atoms with Gasteiger partial charge in [-0.15, -0.1) is 30.6 Å². The van der Waals surface area contributed by atoms with Crippen LogP contribution in [0.1, 0.15) is 154 Å². The second-order valence-corrected chi connectivity index (χ2v) is 38.0. The summed E-state index contributed by atoms with van der Waals surface area (Å²) in [7, 11) is 3.26. The number of aryl methyl sites for hydroxylation is 1. The third kappa shape index (κ3) is 31.6. The number of hydrazine groups is 1. The highest BCUT2D eigenvalue weighted by Gasteiger charge is 2.45. The number of hydrogen-bond donors (Lipinski definition) is 4. The third-order valence-electron chi connectivity index (χ3n) is 19.0.